The van der Waals surface area contributed by atoms with Gasteiger partial charge in [-0.2, -0.15) is 0 Å². The van der Waals surface area contributed by atoms with Gasteiger partial charge in [-0.1, -0.05) is 0 Å². The molecule has 0 saturated heterocycles. The molecular weight excluding hydrogens is 150 g/mol. The predicted octanol–water partition coefficient (Wildman–Crippen LogP) is -1.25. The second-order valence-corrected chi connectivity index (χ2v) is 1.92. The Bertz CT molecular complexity index is 113. The second-order valence-electron chi connectivity index (χ2n) is 1.92. The van der Waals surface area contributed by atoms with Crippen LogP contribution in [0.25, 0.3) is 0 Å². The Morgan fingerprint density at radius 3 is 2.36 bits per heavy atom. The first kappa shape index (κ1) is 10.3. The summed E-state index contributed by atoms with van der Waals surface area (Å²) in [6.45, 7) is 1.22. The van der Waals surface area contributed by atoms with Gasteiger partial charge in [-0.3, -0.25) is 4.79 Å². The molecule has 0 unspecified atom stereocenters. The van der Waals surface area contributed by atoms with E-state index >= 15 is 0 Å². The minimum absolute atomic E-state index is 0.0825. The lowest BCUT2D eigenvalue weighted by molar-refractivity contribution is -0.146. The third-order valence-corrected chi connectivity index (χ3v) is 1.06. The molecule has 0 aliphatic rings. The molecule has 0 saturated carbocycles. The number of hydrogen-bond donors (Lipinski definition) is 2. The first-order chi connectivity index (χ1) is 5.24. The molecule has 0 aromatic rings. The van der Waals surface area contributed by atoms with Crippen molar-refractivity contribution in [2.75, 3.05) is 26.6 Å². The van der Waals surface area contributed by atoms with Gasteiger partial charge in [0.25, 0.3) is 0 Å². The second kappa shape index (κ2) is 6.09. The van der Waals surface area contributed by atoms with E-state index in [1.54, 1.807) is 6.92 Å². The SMILES string of the molecule is CCOC(=O)CN(CO)CO. The van der Waals surface area contributed by atoms with Gasteiger partial charge in [-0.15, -0.1) is 0 Å². The minimum atomic E-state index is -0.449. The summed E-state index contributed by atoms with van der Waals surface area (Å²) in [6.07, 6.45) is 0. The fourth-order valence-corrected chi connectivity index (χ4v) is 0.534. The first-order valence-corrected chi connectivity index (χ1v) is 3.34. The van der Waals surface area contributed by atoms with Crippen LogP contribution < -0.4 is 0 Å². The number of aliphatic hydroxyl groups is 2. The van der Waals surface area contributed by atoms with Gasteiger partial charge >= 0.3 is 5.97 Å². The van der Waals surface area contributed by atoms with Crippen molar-refractivity contribution >= 4 is 5.97 Å². The number of rotatable bonds is 5. The monoisotopic (exact) mass is 163 g/mol. The molecule has 5 nitrogen and oxygen atoms in total. The number of hydrogen-bond acceptors (Lipinski definition) is 5. The molecule has 0 rings (SSSR count). The van der Waals surface area contributed by atoms with Crippen LogP contribution in [0.15, 0.2) is 0 Å². The van der Waals surface area contributed by atoms with E-state index in [1.165, 1.54) is 0 Å². The maximum Gasteiger partial charge on any atom is 0.320 e. The fraction of sp³-hybridized carbons (Fsp3) is 0.833. The summed E-state index contributed by atoms with van der Waals surface area (Å²) in [5.74, 6) is -0.449. The van der Waals surface area contributed by atoms with Crippen molar-refractivity contribution in [2.24, 2.45) is 0 Å². The molecule has 11 heavy (non-hydrogen) atoms. The normalized spacial score (nSPS) is 10.2. The molecule has 0 aliphatic carbocycles. The highest BCUT2D eigenvalue weighted by molar-refractivity contribution is 5.71. The fourth-order valence-electron chi connectivity index (χ4n) is 0.534. The van der Waals surface area contributed by atoms with E-state index in [-0.39, 0.29) is 20.0 Å². The molecule has 0 heterocycles. The van der Waals surface area contributed by atoms with Crippen LogP contribution in [0, 0.1) is 0 Å². The molecular formula is C6H13NO4. The molecule has 0 bridgehead atoms. The largest absolute Gasteiger partial charge is 0.465 e. The molecule has 0 aromatic heterocycles. The Kier molecular flexibility index (Phi) is 5.73. The summed E-state index contributed by atoms with van der Waals surface area (Å²) >= 11 is 0. The Morgan fingerprint density at radius 1 is 1.45 bits per heavy atom. The number of esters is 1. The highest BCUT2D eigenvalue weighted by atomic mass is 16.5. The average molecular weight is 163 g/mol. The molecule has 0 fully saturated rings. The van der Waals surface area contributed by atoms with Crippen molar-refractivity contribution in [3.05, 3.63) is 0 Å². The number of aliphatic hydroxyl groups excluding tert-OH is 2. The number of nitrogens with zero attached hydrogens (tertiary/aromatic N) is 1. The third kappa shape index (κ3) is 4.72. The van der Waals surface area contributed by atoms with Crippen molar-refractivity contribution in [3.63, 3.8) is 0 Å². The van der Waals surface area contributed by atoms with E-state index in [2.05, 4.69) is 4.74 Å². The van der Waals surface area contributed by atoms with Gasteiger partial charge < -0.3 is 14.9 Å². The van der Waals surface area contributed by atoms with E-state index in [0.29, 0.717) is 6.61 Å². The van der Waals surface area contributed by atoms with Crippen LogP contribution in [0.4, 0.5) is 0 Å². The van der Waals surface area contributed by atoms with Crippen molar-refractivity contribution in [2.45, 2.75) is 6.92 Å². The Labute approximate surface area is 65.2 Å². The summed E-state index contributed by atoms with van der Waals surface area (Å²) in [7, 11) is 0. The Balaban J connectivity index is 3.54. The van der Waals surface area contributed by atoms with Crippen molar-refractivity contribution in [1.82, 2.24) is 4.90 Å². The maximum atomic E-state index is 10.7. The summed E-state index contributed by atoms with van der Waals surface area (Å²) in [5, 5.41) is 17.0. The first-order valence-electron chi connectivity index (χ1n) is 3.34. The van der Waals surface area contributed by atoms with Crippen LogP contribution in [-0.2, 0) is 9.53 Å². The topological polar surface area (TPSA) is 70.0 Å². The van der Waals surface area contributed by atoms with E-state index in [1.807, 2.05) is 0 Å². The Hall–Kier alpha value is -0.650. The third-order valence-electron chi connectivity index (χ3n) is 1.06. The zero-order chi connectivity index (χ0) is 8.69. The van der Waals surface area contributed by atoms with Gasteiger partial charge in [-0.25, -0.2) is 4.90 Å². The quantitative estimate of drug-likeness (QED) is 0.391. The highest BCUT2D eigenvalue weighted by Crippen LogP contribution is 1.85. The van der Waals surface area contributed by atoms with E-state index in [9.17, 15) is 4.79 Å². The average Bonchev–Trinajstić information content (AvgIpc) is 2.01. The number of carbonyl (C=O) groups is 1. The summed E-state index contributed by atoms with van der Waals surface area (Å²) < 4.78 is 4.57. The van der Waals surface area contributed by atoms with E-state index in [0.717, 1.165) is 4.90 Å². The summed E-state index contributed by atoms with van der Waals surface area (Å²) in [4.78, 5) is 11.8. The Morgan fingerprint density at radius 2 is 2.00 bits per heavy atom. The predicted molar refractivity (Wildman–Crippen MR) is 37.5 cm³/mol. The van der Waals surface area contributed by atoms with Crippen LogP contribution in [0.2, 0.25) is 0 Å². The molecule has 0 aromatic carbocycles. The van der Waals surface area contributed by atoms with Crippen LogP contribution in [0.3, 0.4) is 0 Å². The number of ether oxygens (including phenoxy) is 1. The van der Waals surface area contributed by atoms with Gasteiger partial charge in [0.15, 0.2) is 0 Å². The van der Waals surface area contributed by atoms with Crippen LogP contribution in [-0.4, -0.2) is 47.7 Å². The van der Waals surface area contributed by atoms with Crippen molar-refractivity contribution in [3.8, 4) is 0 Å². The highest BCUT2D eigenvalue weighted by Gasteiger charge is 2.07. The van der Waals surface area contributed by atoms with Gasteiger partial charge in [0.2, 0.25) is 0 Å². The van der Waals surface area contributed by atoms with E-state index in [4.69, 9.17) is 10.2 Å². The van der Waals surface area contributed by atoms with Crippen molar-refractivity contribution in [1.29, 1.82) is 0 Å². The zero-order valence-corrected chi connectivity index (χ0v) is 6.49. The molecule has 0 amide bonds. The molecule has 5 heteroatoms. The lowest BCUT2D eigenvalue weighted by atomic mass is 10.6. The minimum Gasteiger partial charge on any atom is -0.465 e. The smallest absolute Gasteiger partial charge is 0.320 e. The summed E-state index contributed by atoms with van der Waals surface area (Å²) in [5.41, 5.74) is 0. The molecule has 0 aliphatic heterocycles. The van der Waals surface area contributed by atoms with E-state index < -0.39 is 5.97 Å². The summed E-state index contributed by atoms with van der Waals surface area (Å²) in [6, 6.07) is 0. The van der Waals surface area contributed by atoms with Crippen LogP contribution in [0.5, 0.6) is 0 Å². The maximum absolute atomic E-state index is 10.7. The molecule has 66 valence electrons. The lowest BCUT2D eigenvalue weighted by Gasteiger charge is -2.13. The molecule has 0 spiro atoms. The van der Waals surface area contributed by atoms with Gasteiger partial charge in [0.1, 0.15) is 6.54 Å². The molecule has 0 atom stereocenters. The van der Waals surface area contributed by atoms with Crippen LogP contribution in [0.1, 0.15) is 6.92 Å². The van der Waals surface area contributed by atoms with Crippen molar-refractivity contribution < 1.29 is 19.7 Å². The number of carbonyl (C=O) groups excluding carboxylic acids is 1. The van der Waals surface area contributed by atoms with Gasteiger partial charge in [0.05, 0.1) is 20.1 Å². The molecule has 2 N–H and O–H groups in total. The van der Waals surface area contributed by atoms with Gasteiger partial charge in [0, 0.05) is 0 Å². The van der Waals surface area contributed by atoms with Crippen LogP contribution >= 0.6 is 0 Å². The van der Waals surface area contributed by atoms with Gasteiger partial charge in [-0.05, 0) is 6.92 Å². The molecule has 0 radical (unpaired) electrons. The lowest BCUT2D eigenvalue weighted by Crippen LogP contribution is -2.32. The zero-order valence-electron chi connectivity index (χ0n) is 6.49. The standard InChI is InChI=1S/C6H13NO4/c1-2-11-6(10)3-7(4-8)5-9/h8-9H,2-5H2,1H3.